The Labute approximate surface area is 131 Å². The van der Waals surface area contributed by atoms with Crippen LogP contribution in [0.15, 0.2) is 30.6 Å². The third-order valence-corrected chi connectivity index (χ3v) is 3.45. The molecule has 3 aromatic rings. The SMILES string of the molecule is Cc1cc(NCCCO)c2cc(F)c(-n3cc(F)cn3)cc2n1. The molecule has 2 N–H and O–H groups in total. The second-order valence-electron chi connectivity index (χ2n) is 5.24. The molecule has 0 bridgehead atoms. The first-order valence-corrected chi connectivity index (χ1v) is 7.24. The van der Waals surface area contributed by atoms with Gasteiger partial charge in [-0.25, -0.2) is 13.5 Å². The van der Waals surface area contributed by atoms with E-state index >= 15 is 0 Å². The molecule has 3 rings (SSSR count). The third-order valence-electron chi connectivity index (χ3n) is 3.45. The van der Waals surface area contributed by atoms with Crippen molar-refractivity contribution in [3.05, 3.63) is 47.9 Å². The van der Waals surface area contributed by atoms with Crippen LogP contribution < -0.4 is 5.32 Å². The summed E-state index contributed by atoms with van der Waals surface area (Å²) in [5, 5.41) is 16.5. The van der Waals surface area contributed by atoms with E-state index in [4.69, 9.17) is 5.11 Å². The zero-order valence-electron chi connectivity index (χ0n) is 12.6. The molecule has 0 spiro atoms. The lowest BCUT2D eigenvalue weighted by Gasteiger charge is -2.12. The number of nitrogens with one attached hydrogen (secondary N) is 1. The molecule has 2 heterocycles. The molecule has 5 nitrogen and oxygen atoms in total. The smallest absolute Gasteiger partial charge is 0.161 e. The molecule has 0 unspecified atom stereocenters. The Balaban J connectivity index is 2.09. The molecule has 2 aromatic heterocycles. The standard InChI is InChI=1S/C16H16F2N4O/c1-10-5-14(19-3-2-4-23)12-6-13(18)16(7-15(12)21-10)22-9-11(17)8-20-22/h5-9,23H,2-4H2,1H3,(H,19,21). The second kappa shape index (κ2) is 6.29. The molecule has 0 fully saturated rings. The summed E-state index contributed by atoms with van der Waals surface area (Å²) >= 11 is 0. The van der Waals surface area contributed by atoms with Gasteiger partial charge in [-0.15, -0.1) is 0 Å². The van der Waals surface area contributed by atoms with Gasteiger partial charge in [0, 0.05) is 29.9 Å². The summed E-state index contributed by atoms with van der Waals surface area (Å²) in [6.45, 7) is 2.49. The molecule has 0 aliphatic rings. The molecule has 0 radical (unpaired) electrons. The molecular weight excluding hydrogens is 302 g/mol. The van der Waals surface area contributed by atoms with E-state index in [2.05, 4.69) is 15.4 Å². The van der Waals surface area contributed by atoms with Gasteiger partial charge in [0.2, 0.25) is 0 Å². The Bertz CT molecular complexity index is 847. The van der Waals surface area contributed by atoms with Crippen molar-refractivity contribution in [3.63, 3.8) is 0 Å². The molecular formula is C16H16F2N4O. The normalized spacial score (nSPS) is 11.1. The van der Waals surface area contributed by atoms with Crippen LogP contribution in [0.5, 0.6) is 0 Å². The highest BCUT2D eigenvalue weighted by molar-refractivity contribution is 5.92. The maximum atomic E-state index is 14.4. The lowest BCUT2D eigenvalue weighted by molar-refractivity contribution is 0.292. The molecule has 0 atom stereocenters. The maximum Gasteiger partial charge on any atom is 0.161 e. The van der Waals surface area contributed by atoms with Crippen molar-refractivity contribution in [2.24, 2.45) is 0 Å². The Morgan fingerprint density at radius 1 is 1.26 bits per heavy atom. The van der Waals surface area contributed by atoms with Crippen LogP contribution in [0, 0.1) is 18.6 Å². The molecule has 0 saturated heterocycles. The summed E-state index contributed by atoms with van der Waals surface area (Å²) in [5.74, 6) is -1.05. The zero-order valence-corrected chi connectivity index (χ0v) is 12.6. The Morgan fingerprint density at radius 2 is 2.09 bits per heavy atom. The van der Waals surface area contributed by atoms with Crippen molar-refractivity contribution < 1.29 is 13.9 Å². The summed E-state index contributed by atoms with van der Waals surface area (Å²) in [7, 11) is 0. The van der Waals surface area contributed by atoms with Gasteiger partial charge in [-0.1, -0.05) is 0 Å². The highest BCUT2D eigenvalue weighted by atomic mass is 19.1. The van der Waals surface area contributed by atoms with Crippen LogP contribution in [0.25, 0.3) is 16.6 Å². The molecule has 0 saturated carbocycles. The Morgan fingerprint density at radius 3 is 2.78 bits per heavy atom. The average Bonchev–Trinajstić information content (AvgIpc) is 2.94. The highest BCUT2D eigenvalue weighted by Crippen LogP contribution is 2.27. The molecule has 0 amide bonds. The number of anilines is 1. The number of aromatic nitrogens is 3. The van der Waals surface area contributed by atoms with E-state index < -0.39 is 11.6 Å². The molecule has 0 aliphatic carbocycles. The van der Waals surface area contributed by atoms with E-state index in [1.165, 1.54) is 6.07 Å². The molecule has 23 heavy (non-hydrogen) atoms. The van der Waals surface area contributed by atoms with Gasteiger partial charge in [0.15, 0.2) is 5.82 Å². The van der Waals surface area contributed by atoms with Gasteiger partial charge < -0.3 is 10.4 Å². The molecule has 1 aromatic carbocycles. The van der Waals surface area contributed by atoms with E-state index in [1.807, 2.05) is 13.0 Å². The average molecular weight is 318 g/mol. The van der Waals surface area contributed by atoms with Crippen molar-refractivity contribution in [2.45, 2.75) is 13.3 Å². The molecule has 7 heteroatoms. The predicted molar refractivity (Wildman–Crippen MR) is 83.7 cm³/mol. The summed E-state index contributed by atoms with van der Waals surface area (Å²) in [4.78, 5) is 4.41. The van der Waals surface area contributed by atoms with Gasteiger partial charge >= 0.3 is 0 Å². The van der Waals surface area contributed by atoms with Crippen LogP contribution in [-0.4, -0.2) is 33.0 Å². The van der Waals surface area contributed by atoms with Crippen LogP contribution in [0.2, 0.25) is 0 Å². The van der Waals surface area contributed by atoms with Crippen LogP contribution in [0.3, 0.4) is 0 Å². The first-order valence-electron chi connectivity index (χ1n) is 7.24. The number of pyridine rings is 1. The number of halogens is 2. The lowest BCUT2D eigenvalue weighted by Crippen LogP contribution is -2.06. The largest absolute Gasteiger partial charge is 0.396 e. The van der Waals surface area contributed by atoms with Crippen molar-refractivity contribution in [1.82, 2.24) is 14.8 Å². The quantitative estimate of drug-likeness (QED) is 0.710. The fourth-order valence-corrected chi connectivity index (χ4v) is 2.42. The van der Waals surface area contributed by atoms with Gasteiger partial charge in [0.05, 0.1) is 17.9 Å². The van der Waals surface area contributed by atoms with E-state index in [-0.39, 0.29) is 12.3 Å². The fourth-order valence-electron chi connectivity index (χ4n) is 2.42. The first kappa shape index (κ1) is 15.4. The fraction of sp³-hybridized carbons (Fsp3) is 0.250. The minimum Gasteiger partial charge on any atom is -0.396 e. The van der Waals surface area contributed by atoms with Gasteiger partial charge in [-0.3, -0.25) is 4.98 Å². The second-order valence-corrected chi connectivity index (χ2v) is 5.24. The number of hydrogen-bond donors (Lipinski definition) is 2. The van der Waals surface area contributed by atoms with E-state index in [0.717, 1.165) is 28.5 Å². The first-order chi connectivity index (χ1) is 11.1. The van der Waals surface area contributed by atoms with Crippen LogP contribution in [0.4, 0.5) is 14.5 Å². The lowest BCUT2D eigenvalue weighted by atomic mass is 10.1. The summed E-state index contributed by atoms with van der Waals surface area (Å²) in [6.07, 6.45) is 2.73. The zero-order chi connectivity index (χ0) is 16.4. The van der Waals surface area contributed by atoms with Crippen molar-refractivity contribution >= 4 is 16.6 Å². The van der Waals surface area contributed by atoms with E-state index in [0.29, 0.717) is 23.9 Å². The maximum absolute atomic E-state index is 14.4. The number of aliphatic hydroxyl groups excluding tert-OH is 1. The summed E-state index contributed by atoms with van der Waals surface area (Å²) < 4.78 is 28.7. The summed E-state index contributed by atoms with van der Waals surface area (Å²) in [6, 6.07) is 4.73. The van der Waals surface area contributed by atoms with Gasteiger partial charge in [-0.05, 0) is 31.5 Å². The van der Waals surface area contributed by atoms with Crippen molar-refractivity contribution in [3.8, 4) is 5.69 Å². The Hall–Kier alpha value is -2.54. The number of nitrogens with zero attached hydrogens (tertiary/aromatic N) is 3. The van der Waals surface area contributed by atoms with Crippen LogP contribution in [-0.2, 0) is 0 Å². The molecule has 0 aliphatic heterocycles. The number of aliphatic hydroxyl groups is 1. The van der Waals surface area contributed by atoms with Crippen molar-refractivity contribution in [2.75, 3.05) is 18.5 Å². The van der Waals surface area contributed by atoms with Crippen LogP contribution >= 0.6 is 0 Å². The van der Waals surface area contributed by atoms with Gasteiger partial charge in [-0.2, -0.15) is 5.10 Å². The minimum atomic E-state index is -0.534. The third kappa shape index (κ3) is 3.14. The van der Waals surface area contributed by atoms with Gasteiger partial charge in [0.25, 0.3) is 0 Å². The predicted octanol–water partition coefficient (Wildman–Crippen LogP) is 2.80. The van der Waals surface area contributed by atoms with E-state index in [9.17, 15) is 8.78 Å². The van der Waals surface area contributed by atoms with Gasteiger partial charge in [0.1, 0.15) is 11.5 Å². The van der Waals surface area contributed by atoms with Crippen molar-refractivity contribution in [1.29, 1.82) is 0 Å². The summed E-state index contributed by atoms with van der Waals surface area (Å²) in [5.41, 5.74) is 2.25. The number of hydrogen-bond acceptors (Lipinski definition) is 4. The minimum absolute atomic E-state index is 0.0817. The van der Waals surface area contributed by atoms with E-state index in [1.54, 1.807) is 6.07 Å². The molecule has 120 valence electrons. The Kier molecular flexibility index (Phi) is 4.20. The number of rotatable bonds is 5. The number of benzene rings is 1. The monoisotopic (exact) mass is 318 g/mol. The van der Waals surface area contributed by atoms with Crippen LogP contribution in [0.1, 0.15) is 12.1 Å². The highest BCUT2D eigenvalue weighted by Gasteiger charge is 2.12. The topological polar surface area (TPSA) is 63.0 Å². The number of aryl methyl sites for hydroxylation is 1. The number of fused-ring (bicyclic) bond motifs is 1.